The first-order valence-corrected chi connectivity index (χ1v) is 28.4. The molecule has 0 nitrogen and oxygen atoms in total. The van der Waals surface area contributed by atoms with Gasteiger partial charge in [0, 0.05) is 0 Å². The molecule has 0 saturated heterocycles. The van der Waals surface area contributed by atoms with Crippen LogP contribution in [0.15, 0.2) is 127 Å². The van der Waals surface area contributed by atoms with Crippen LogP contribution >= 0.6 is 0 Å². The first kappa shape index (κ1) is 69.6. The Hall–Kier alpha value is -4.42. The highest BCUT2D eigenvalue weighted by Gasteiger charge is 2.25. The smallest absolute Gasteiger partial charge is 0.0129 e. The second-order valence-corrected chi connectivity index (χ2v) is 32.0. The maximum atomic E-state index is 2.34. The lowest BCUT2D eigenvalue weighted by atomic mass is 9.75. The van der Waals surface area contributed by atoms with Crippen LogP contribution in [0.4, 0.5) is 0 Å². The van der Waals surface area contributed by atoms with E-state index < -0.39 is 0 Å². The van der Waals surface area contributed by atoms with Gasteiger partial charge in [0.15, 0.2) is 0 Å². The van der Waals surface area contributed by atoms with E-state index in [2.05, 4.69) is 342 Å². The normalized spacial score (nSPS) is 12.8. The molecule has 6 rings (SSSR count). The molecule has 0 heteroatoms. The molecule has 0 unspecified atom stereocenters. The maximum Gasteiger partial charge on any atom is -0.0129 e. The van der Waals surface area contributed by atoms with E-state index in [4.69, 9.17) is 0 Å². The summed E-state index contributed by atoms with van der Waals surface area (Å²) >= 11 is 0. The van der Waals surface area contributed by atoms with E-state index in [1.807, 2.05) is 0 Å². The molecule has 0 aliphatic carbocycles. The number of hydrogen-bond acceptors (Lipinski definition) is 0. The van der Waals surface area contributed by atoms with Crippen molar-refractivity contribution in [3.05, 3.63) is 189 Å². The Balaban J connectivity index is 0.000000475. The van der Waals surface area contributed by atoms with E-state index in [-0.39, 0.29) is 61.6 Å². The van der Waals surface area contributed by atoms with Gasteiger partial charge in [0.2, 0.25) is 0 Å². The van der Waals surface area contributed by atoms with Gasteiger partial charge in [-0.1, -0.05) is 343 Å². The summed E-state index contributed by atoms with van der Waals surface area (Å²) < 4.78 is 0. The van der Waals surface area contributed by atoms with Gasteiger partial charge in [-0.2, -0.15) is 0 Å². The van der Waals surface area contributed by atoms with Crippen molar-refractivity contribution in [2.75, 3.05) is 0 Å². The maximum absolute atomic E-state index is 2.34. The van der Waals surface area contributed by atoms with E-state index in [0.717, 1.165) is 0 Å². The van der Waals surface area contributed by atoms with E-state index in [1.54, 1.807) is 0 Å². The van der Waals surface area contributed by atoms with Crippen LogP contribution in [0.25, 0.3) is 10.8 Å². The number of hydrogen-bond donors (Lipinski definition) is 0. The van der Waals surface area contributed by atoms with Crippen molar-refractivity contribution in [1.29, 1.82) is 0 Å². The molecule has 0 spiro atoms. The SMILES string of the molecule is C.CC(C)(C)c1ccc(C(C)(C)C)cc1.CC(C)(C)c1ccc2ccc(C(C)(C)C)cc2c1.CC(C)(C)c1cccc(C(C)(C)C)c1.CC(C)(C)c1ccccc1C(C)(C)C.Cc1cc(C(C)(C)C)ccc1C(C)(C)C. The first-order valence-electron chi connectivity index (χ1n) is 28.4. The van der Waals surface area contributed by atoms with E-state index >= 15 is 0 Å². The summed E-state index contributed by atoms with van der Waals surface area (Å²) in [5, 5.41) is 2.69. The second-order valence-electron chi connectivity index (χ2n) is 32.0. The highest BCUT2D eigenvalue weighted by Crippen LogP contribution is 2.35. The minimum atomic E-state index is 0. The van der Waals surface area contributed by atoms with Crippen molar-refractivity contribution in [2.45, 2.75) is 276 Å². The molecular weight excluding hydrogens is 913 g/mol. The van der Waals surface area contributed by atoms with Crippen molar-refractivity contribution < 1.29 is 0 Å². The average molecular weight is 1030 g/mol. The number of aryl methyl sites for hydroxylation is 1. The molecule has 6 aromatic rings. The molecule has 0 radical (unpaired) electrons. The molecule has 0 atom stereocenters. The van der Waals surface area contributed by atoms with Crippen molar-refractivity contribution in [3.63, 3.8) is 0 Å². The highest BCUT2D eigenvalue weighted by atomic mass is 14.3. The molecule has 0 aliphatic rings. The van der Waals surface area contributed by atoms with Gasteiger partial charge in [0.25, 0.3) is 0 Å². The highest BCUT2D eigenvalue weighted by molar-refractivity contribution is 5.84. The monoisotopic (exact) mass is 1030 g/mol. The number of fused-ring (bicyclic) bond motifs is 1. The van der Waals surface area contributed by atoms with Gasteiger partial charge >= 0.3 is 0 Å². The predicted molar refractivity (Wildman–Crippen MR) is 348 cm³/mol. The minimum Gasteiger partial charge on any atom is -0.0776 e. The lowest BCUT2D eigenvalue weighted by molar-refractivity contribution is 0.530. The molecule has 0 N–H and O–H groups in total. The molecule has 76 heavy (non-hydrogen) atoms. The van der Waals surface area contributed by atoms with Gasteiger partial charge in [-0.05, 0) is 133 Å². The fourth-order valence-electron chi connectivity index (χ4n) is 8.87. The molecule has 0 amide bonds. The minimum absolute atomic E-state index is 0. The first-order chi connectivity index (χ1) is 33.4. The van der Waals surface area contributed by atoms with Crippen molar-refractivity contribution >= 4 is 10.8 Å². The zero-order valence-corrected chi connectivity index (χ0v) is 54.6. The van der Waals surface area contributed by atoms with Gasteiger partial charge in [0.1, 0.15) is 0 Å². The second kappa shape index (κ2) is 25.6. The Labute approximate surface area is 473 Å². The zero-order chi connectivity index (χ0) is 58.4. The van der Waals surface area contributed by atoms with Gasteiger partial charge in [-0.15, -0.1) is 0 Å². The summed E-state index contributed by atoms with van der Waals surface area (Å²) in [5.41, 5.74) is 18.1. The fraction of sp³-hybridized carbons (Fsp3) is 0.553. The molecule has 6 aromatic carbocycles. The average Bonchev–Trinajstić information content (AvgIpc) is 3.24. The lowest BCUT2D eigenvalue weighted by Gasteiger charge is -2.29. The van der Waals surface area contributed by atoms with E-state index in [9.17, 15) is 0 Å². The van der Waals surface area contributed by atoms with Crippen LogP contribution in [0.3, 0.4) is 0 Å². The molecule has 0 bridgehead atoms. The number of rotatable bonds is 0. The van der Waals surface area contributed by atoms with Gasteiger partial charge < -0.3 is 0 Å². The van der Waals surface area contributed by atoms with Crippen LogP contribution in [-0.2, 0) is 54.1 Å². The standard InChI is InChI=1S/C18H24.C15H24.3C14H22.CH4/c1-17(2,3)15-9-7-13-8-10-16(18(4,5)6)12-14(13)11-15;1-11-10-12(14(2,3)4)8-9-13(11)15(5,6)7;1-13(2,3)11-7-9-12(10-8-11)14(4,5)6;1-13(2,3)11-8-7-9-12(10-11)14(4,5)6;1-13(2,3)11-9-7-8-10-12(11)14(4,5)6;/h7-12H,1-6H3;8-10H,1-7H3;3*7-10H,1-6H3;1H4. The third-order valence-corrected chi connectivity index (χ3v) is 14.2. The topological polar surface area (TPSA) is 0 Å². The van der Waals surface area contributed by atoms with Crippen LogP contribution in [0.2, 0.25) is 0 Å². The van der Waals surface area contributed by atoms with Crippen LogP contribution in [-0.4, -0.2) is 0 Å². The Morgan fingerprint density at radius 2 is 0.447 bits per heavy atom. The van der Waals surface area contributed by atoms with Crippen LogP contribution < -0.4 is 0 Å². The molecule has 0 aromatic heterocycles. The van der Waals surface area contributed by atoms with Crippen molar-refractivity contribution in [3.8, 4) is 0 Å². The van der Waals surface area contributed by atoms with E-state index in [1.165, 1.54) is 72.0 Å². The lowest BCUT2D eigenvalue weighted by Crippen LogP contribution is -2.21. The van der Waals surface area contributed by atoms with Gasteiger partial charge in [0.05, 0.1) is 0 Å². The zero-order valence-electron chi connectivity index (χ0n) is 54.6. The third kappa shape index (κ3) is 22.1. The molecule has 0 heterocycles. The van der Waals surface area contributed by atoms with Crippen molar-refractivity contribution in [1.82, 2.24) is 0 Å². The number of benzene rings is 6. The fourth-order valence-corrected chi connectivity index (χ4v) is 8.87. The molecule has 0 aliphatic heterocycles. The Morgan fingerprint density at radius 3 is 0.711 bits per heavy atom. The molecule has 0 saturated carbocycles. The van der Waals surface area contributed by atoms with Crippen molar-refractivity contribution in [2.24, 2.45) is 0 Å². The molecule has 422 valence electrons. The predicted octanol–water partition coefficient (Wildman–Crippen LogP) is 23.5. The summed E-state index contributed by atoms with van der Waals surface area (Å²) in [4.78, 5) is 0. The summed E-state index contributed by atoms with van der Waals surface area (Å²) in [6, 6.07) is 47.3. The Morgan fingerprint density at radius 1 is 0.197 bits per heavy atom. The Bertz CT molecular complexity index is 2550. The molecular formula is C76H118. The Kier molecular flexibility index (Phi) is 23.4. The summed E-state index contributed by atoms with van der Waals surface area (Å²) in [7, 11) is 0. The third-order valence-electron chi connectivity index (χ3n) is 14.2. The summed E-state index contributed by atoms with van der Waals surface area (Å²) in [6.45, 7) is 70.1. The molecule has 0 fully saturated rings. The summed E-state index contributed by atoms with van der Waals surface area (Å²) in [5.74, 6) is 0. The van der Waals surface area contributed by atoms with Gasteiger partial charge in [-0.3, -0.25) is 0 Å². The van der Waals surface area contributed by atoms with E-state index in [0.29, 0.717) is 0 Å². The van der Waals surface area contributed by atoms with Crippen LogP contribution in [0.1, 0.15) is 276 Å². The van der Waals surface area contributed by atoms with Gasteiger partial charge in [-0.25, -0.2) is 0 Å². The summed E-state index contributed by atoms with van der Waals surface area (Å²) in [6.07, 6.45) is 0. The quantitative estimate of drug-likeness (QED) is 0.142. The largest absolute Gasteiger partial charge is 0.0776 e. The van der Waals surface area contributed by atoms with Crippen LogP contribution in [0.5, 0.6) is 0 Å². The van der Waals surface area contributed by atoms with Crippen LogP contribution in [0, 0.1) is 6.92 Å².